The molecule has 0 bridgehead atoms. The lowest BCUT2D eigenvalue weighted by atomic mass is 9.78. The van der Waals surface area contributed by atoms with Gasteiger partial charge in [-0.15, -0.1) is 0 Å². The van der Waals surface area contributed by atoms with Crippen molar-refractivity contribution in [3.63, 3.8) is 0 Å². The average Bonchev–Trinajstić information content (AvgIpc) is 3.19. The van der Waals surface area contributed by atoms with Crippen molar-refractivity contribution >= 4 is 17.5 Å². The number of carbonyl (C=O) groups is 1. The van der Waals surface area contributed by atoms with Crippen molar-refractivity contribution in [1.82, 2.24) is 9.88 Å². The van der Waals surface area contributed by atoms with Crippen molar-refractivity contribution in [1.29, 1.82) is 0 Å². The smallest absolute Gasteiger partial charge is 0.253 e. The van der Waals surface area contributed by atoms with Crippen LogP contribution in [0.2, 0.25) is 0 Å². The van der Waals surface area contributed by atoms with E-state index in [9.17, 15) is 9.18 Å². The van der Waals surface area contributed by atoms with Gasteiger partial charge in [0.2, 0.25) is 0 Å². The molecule has 1 N–H and O–H groups in total. The highest BCUT2D eigenvalue weighted by Crippen LogP contribution is 2.34. The van der Waals surface area contributed by atoms with Gasteiger partial charge in [0, 0.05) is 24.8 Å². The van der Waals surface area contributed by atoms with Gasteiger partial charge in [-0.1, -0.05) is 20.4 Å². The first-order chi connectivity index (χ1) is 13.3. The molecule has 6 heteroatoms. The largest absolute Gasteiger partial charge is 0.484 e. The van der Waals surface area contributed by atoms with Crippen molar-refractivity contribution in [2.75, 3.05) is 20.2 Å². The van der Waals surface area contributed by atoms with Gasteiger partial charge in [-0.05, 0) is 48.2 Å². The Morgan fingerprint density at radius 3 is 2.64 bits per heavy atom. The molecule has 1 atom stereocenters. The molecule has 1 fully saturated rings. The summed E-state index contributed by atoms with van der Waals surface area (Å²) in [5.41, 5.74) is 1.78. The van der Waals surface area contributed by atoms with Crippen LogP contribution in [0.4, 0.5) is 4.39 Å². The van der Waals surface area contributed by atoms with E-state index in [1.165, 1.54) is 24.3 Å². The average molecular weight is 383 g/mol. The molecule has 5 nitrogen and oxygen atoms in total. The number of rotatable bonds is 4. The Labute approximate surface area is 164 Å². The molecule has 1 unspecified atom stereocenters. The maximum Gasteiger partial charge on any atom is 0.253 e. The minimum Gasteiger partial charge on any atom is -0.484 e. The Hall–Kier alpha value is -2.89. The van der Waals surface area contributed by atoms with Crippen LogP contribution in [0.15, 0.2) is 54.2 Å². The number of methoxy groups -OCH3 is 1. The molecule has 0 radical (unpaired) electrons. The summed E-state index contributed by atoms with van der Waals surface area (Å²) in [6, 6.07) is 9.44. The zero-order chi connectivity index (χ0) is 20.3. The van der Waals surface area contributed by atoms with Crippen molar-refractivity contribution in [3.05, 3.63) is 66.2 Å². The van der Waals surface area contributed by atoms with Crippen LogP contribution >= 0.6 is 0 Å². The lowest BCUT2D eigenvalue weighted by Crippen LogP contribution is -2.49. The summed E-state index contributed by atoms with van der Waals surface area (Å²) in [4.78, 5) is 22.4. The Balaban J connectivity index is 1.83. The molecule has 1 aliphatic heterocycles. The number of amides is 1. The van der Waals surface area contributed by atoms with Crippen LogP contribution in [0, 0.1) is 17.2 Å². The number of hydrogen-bond acceptors (Lipinski definition) is 3. The molecule has 148 valence electrons. The van der Waals surface area contributed by atoms with Gasteiger partial charge in [0.15, 0.2) is 5.90 Å². The molecule has 1 aromatic carbocycles. The summed E-state index contributed by atoms with van der Waals surface area (Å²) in [5, 5.41) is 0. The fourth-order valence-electron chi connectivity index (χ4n) is 3.75. The number of nitrogens with one attached hydrogen (secondary N) is 1. The molecule has 1 amide bonds. The molecule has 1 saturated heterocycles. The summed E-state index contributed by atoms with van der Waals surface area (Å²) in [5.74, 6) is 0.0376. The standard InChI is InChI=1S/C22H26FN3O2/c1-15(19-6-5-11-24-19)25-20(28-4)17-12-22(2,3)14-26(13-17)21(27)16-7-9-18(23)10-8-16/h5-11,17,24H,1,12-14H2,2-4H3/b25-20-. The number of halogens is 1. The molecule has 3 rings (SSSR count). The third kappa shape index (κ3) is 4.50. The van der Waals surface area contributed by atoms with Gasteiger partial charge in [-0.3, -0.25) is 4.79 Å². The minimum absolute atomic E-state index is 0.0511. The highest BCUT2D eigenvalue weighted by atomic mass is 19.1. The Bertz CT molecular complexity index is 870. The molecule has 0 aliphatic carbocycles. The Kier molecular flexibility index (Phi) is 5.68. The topological polar surface area (TPSA) is 57.7 Å². The molecule has 2 heterocycles. The van der Waals surface area contributed by atoms with Gasteiger partial charge >= 0.3 is 0 Å². The number of aromatic amines is 1. The second-order valence-electron chi connectivity index (χ2n) is 7.94. The quantitative estimate of drug-likeness (QED) is 0.630. The van der Waals surface area contributed by atoms with Crippen molar-refractivity contribution in [2.24, 2.45) is 16.3 Å². The number of benzene rings is 1. The number of piperidine rings is 1. The number of hydrogen-bond donors (Lipinski definition) is 1. The third-order valence-corrected chi connectivity index (χ3v) is 4.95. The van der Waals surface area contributed by atoms with Gasteiger partial charge in [0.05, 0.1) is 24.4 Å². The van der Waals surface area contributed by atoms with E-state index >= 15 is 0 Å². The fraction of sp³-hybridized carbons (Fsp3) is 0.364. The second kappa shape index (κ2) is 8.00. The second-order valence-corrected chi connectivity index (χ2v) is 7.94. The SMILES string of the molecule is C=C(/N=C(\OC)C1CN(C(=O)c2ccc(F)cc2)CC(C)(C)C1)c1ccc[nH]1. The summed E-state index contributed by atoms with van der Waals surface area (Å²) in [6.07, 6.45) is 2.65. The maximum absolute atomic E-state index is 13.2. The van der Waals surface area contributed by atoms with E-state index in [2.05, 4.69) is 30.4 Å². The lowest BCUT2D eigenvalue weighted by Gasteiger charge is -2.42. The predicted molar refractivity (Wildman–Crippen MR) is 108 cm³/mol. The molecule has 0 saturated carbocycles. The number of nitrogens with zero attached hydrogens (tertiary/aromatic N) is 2. The molecule has 28 heavy (non-hydrogen) atoms. The van der Waals surface area contributed by atoms with Gasteiger partial charge in [-0.25, -0.2) is 9.38 Å². The molecule has 1 aliphatic rings. The Morgan fingerprint density at radius 2 is 2.04 bits per heavy atom. The van der Waals surface area contributed by atoms with E-state index in [1.807, 2.05) is 18.3 Å². The molecular formula is C22H26FN3O2. The summed E-state index contributed by atoms with van der Waals surface area (Å²) in [6.45, 7) is 9.37. The molecule has 0 spiro atoms. The summed E-state index contributed by atoms with van der Waals surface area (Å²) < 4.78 is 18.8. The highest BCUT2D eigenvalue weighted by Gasteiger charge is 2.38. The Morgan fingerprint density at radius 1 is 1.32 bits per heavy atom. The first-order valence-corrected chi connectivity index (χ1v) is 9.29. The third-order valence-electron chi connectivity index (χ3n) is 4.95. The number of ether oxygens (including phenoxy) is 1. The molecular weight excluding hydrogens is 357 g/mol. The molecule has 1 aromatic heterocycles. The highest BCUT2D eigenvalue weighted by molar-refractivity contribution is 5.95. The van der Waals surface area contributed by atoms with Crippen molar-refractivity contribution in [3.8, 4) is 0 Å². The van der Waals surface area contributed by atoms with Crippen LogP contribution in [0.25, 0.3) is 5.70 Å². The van der Waals surface area contributed by atoms with Crippen LogP contribution < -0.4 is 0 Å². The van der Waals surface area contributed by atoms with Gasteiger partial charge < -0.3 is 14.6 Å². The molecule has 2 aromatic rings. The number of likely N-dealkylation sites (tertiary alicyclic amines) is 1. The summed E-state index contributed by atoms with van der Waals surface area (Å²) >= 11 is 0. The van der Waals surface area contributed by atoms with E-state index in [0.717, 1.165) is 12.1 Å². The lowest BCUT2D eigenvalue weighted by molar-refractivity contribution is 0.0507. The van der Waals surface area contributed by atoms with Gasteiger partial charge in [-0.2, -0.15) is 0 Å². The van der Waals surface area contributed by atoms with E-state index in [-0.39, 0.29) is 23.1 Å². The van der Waals surface area contributed by atoms with Gasteiger partial charge in [0.25, 0.3) is 5.91 Å². The van der Waals surface area contributed by atoms with Crippen LogP contribution in [0.5, 0.6) is 0 Å². The number of carbonyl (C=O) groups excluding carboxylic acids is 1. The van der Waals surface area contributed by atoms with Crippen LogP contribution in [-0.2, 0) is 4.74 Å². The van der Waals surface area contributed by atoms with E-state index < -0.39 is 0 Å². The van der Waals surface area contributed by atoms with E-state index in [4.69, 9.17) is 4.74 Å². The normalized spacial score (nSPS) is 19.4. The van der Waals surface area contributed by atoms with E-state index in [0.29, 0.717) is 30.2 Å². The van der Waals surface area contributed by atoms with E-state index in [1.54, 1.807) is 12.0 Å². The number of aromatic nitrogens is 1. The van der Waals surface area contributed by atoms with Crippen molar-refractivity contribution < 1.29 is 13.9 Å². The first kappa shape index (κ1) is 19.9. The monoisotopic (exact) mass is 383 g/mol. The number of H-pyrrole nitrogens is 1. The predicted octanol–water partition coefficient (Wildman–Crippen LogP) is 4.36. The van der Waals surface area contributed by atoms with Crippen molar-refractivity contribution in [2.45, 2.75) is 20.3 Å². The zero-order valence-corrected chi connectivity index (χ0v) is 16.5. The van der Waals surface area contributed by atoms with Crippen LogP contribution in [-0.4, -0.2) is 41.9 Å². The first-order valence-electron chi connectivity index (χ1n) is 9.29. The minimum atomic E-state index is -0.356. The summed E-state index contributed by atoms with van der Waals surface area (Å²) in [7, 11) is 1.59. The van der Waals surface area contributed by atoms with Crippen LogP contribution in [0.3, 0.4) is 0 Å². The van der Waals surface area contributed by atoms with Crippen LogP contribution in [0.1, 0.15) is 36.3 Å². The maximum atomic E-state index is 13.2. The fourth-order valence-corrected chi connectivity index (χ4v) is 3.75. The van der Waals surface area contributed by atoms with Gasteiger partial charge in [0.1, 0.15) is 5.82 Å². The number of aliphatic imine (C=N–C) groups is 1. The zero-order valence-electron chi connectivity index (χ0n) is 16.5.